The topological polar surface area (TPSA) is 94.1 Å². The Labute approximate surface area is 145 Å². The molecule has 0 fully saturated rings. The van der Waals surface area contributed by atoms with Crippen molar-refractivity contribution in [2.45, 2.75) is 26.6 Å². The molecule has 1 unspecified atom stereocenters. The van der Waals surface area contributed by atoms with Gasteiger partial charge in [0.2, 0.25) is 0 Å². The van der Waals surface area contributed by atoms with E-state index in [2.05, 4.69) is 24.2 Å². The van der Waals surface area contributed by atoms with Crippen LogP contribution in [0.25, 0.3) is 0 Å². The SMILES string of the molecule is CC(C)C1ONc2cc(C(=O)NO)ccc2N1Cc1ccc(O)cc1. The van der Waals surface area contributed by atoms with E-state index in [-0.39, 0.29) is 17.9 Å². The first-order chi connectivity index (χ1) is 12.0. The van der Waals surface area contributed by atoms with Crippen molar-refractivity contribution in [3.8, 4) is 5.75 Å². The molecule has 0 aromatic heterocycles. The zero-order valence-corrected chi connectivity index (χ0v) is 14.1. The molecule has 1 atom stereocenters. The molecule has 0 spiro atoms. The second kappa shape index (κ2) is 7.00. The van der Waals surface area contributed by atoms with Gasteiger partial charge >= 0.3 is 0 Å². The van der Waals surface area contributed by atoms with E-state index in [9.17, 15) is 9.90 Å². The van der Waals surface area contributed by atoms with E-state index in [1.807, 2.05) is 18.2 Å². The number of anilines is 2. The van der Waals surface area contributed by atoms with Gasteiger partial charge in [-0.25, -0.2) is 5.48 Å². The molecule has 0 saturated carbocycles. The van der Waals surface area contributed by atoms with Gasteiger partial charge in [-0.15, -0.1) is 0 Å². The average Bonchev–Trinajstić information content (AvgIpc) is 2.62. The van der Waals surface area contributed by atoms with Gasteiger partial charge in [-0.1, -0.05) is 26.0 Å². The fourth-order valence-corrected chi connectivity index (χ4v) is 2.87. The maximum Gasteiger partial charge on any atom is 0.274 e. The van der Waals surface area contributed by atoms with Crippen LogP contribution in [0.2, 0.25) is 0 Å². The Morgan fingerprint density at radius 2 is 2.00 bits per heavy atom. The Kier molecular flexibility index (Phi) is 4.78. The van der Waals surface area contributed by atoms with Crippen LogP contribution in [0.15, 0.2) is 42.5 Å². The predicted molar refractivity (Wildman–Crippen MR) is 93.3 cm³/mol. The molecule has 132 valence electrons. The number of hydroxylamine groups is 1. The van der Waals surface area contributed by atoms with Crippen LogP contribution in [0, 0.1) is 5.92 Å². The normalized spacial score (nSPS) is 16.3. The van der Waals surface area contributed by atoms with Crippen molar-refractivity contribution in [2.24, 2.45) is 5.92 Å². The minimum absolute atomic E-state index is 0.196. The Morgan fingerprint density at radius 1 is 1.28 bits per heavy atom. The number of carbonyl (C=O) groups is 1. The van der Waals surface area contributed by atoms with Crippen molar-refractivity contribution >= 4 is 17.3 Å². The van der Waals surface area contributed by atoms with Crippen LogP contribution in [0.4, 0.5) is 11.4 Å². The van der Waals surface area contributed by atoms with Gasteiger partial charge in [-0.3, -0.25) is 20.3 Å². The van der Waals surface area contributed by atoms with Gasteiger partial charge in [0.05, 0.1) is 11.4 Å². The number of nitrogens with zero attached hydrogens (tertiary/aromatic N) is 1. The number of carbonyl (C=O) groups excluding carboxylic acids is 1. The van der Waals surface area contributed by atoms with Crippen LogP contribution in [0.1, 0.15) is 29.8 Å². The van der Waals surface area contributed by atoms with E-state index < -0.39 is 5.91 Å². The third kappa shape index (κ3) is 3.52. The summed E-state index contributed by atoms with van der Waals surface area (Å²) in [7, 11) is 0. The van der Waals surface area contributed by atoms with Crippen molar-refractivity contribution in [3.05, 3.63) is 53.6 Å². The Morgan fingerprint density at radius 3 is 2.64 bits per heavy atom. The van der Waals surface area contributed by atoms with E-state index in [1.165, 1.54) is 0 Å². The molecule has 3 rings (SSSR count). The molecule has 1 aliphatic heterocycles. The van der Waals surface area contributed by atoms with Gasteiger partial charge < -0.3 is 10.0 Å². The summed E-state index contributed by atoms with van der Waals surface area (Å²) >= 11 is 0. The fraction of sp³-hybridized carbons (Fsp3) is 0.278. The van der Waals surface area contributed by atoms with Gasteiger partial charge in [-0.2, -0.15) is 0 Å². The second-order valence-electron chi connectivity index (χ2n) is 6.32. The molecule has 0 bridgehead atoms. The summed E-state index contributed by atoms with van der Waals surface area (Å²) in [5.41, 5.74) is 7.42. The van der Waals surface area contributed by atoms with Crippen LogP contribution in [0.5, 0.6) is 5.75 Å². The number of phenolic OH excluding ortho intramolecular Hbond substituents is 1. The quantitative estimate of drug-likeness (QED) is 0.504. The third-order valence-corrected chi connectivity index (χ3v) is 4.13. The first-order valence-corrected chi connectivity index (χ1v) is 8.04. The molecule has 2 aromatic carbocycles. The molecule has 0 radical (unpaired) electrons. The summed E-state index contributed by atoms with van der Waals surface area (Å²) in [5, 5.41) is 18.3. The standard InChI is InChI=1S/C18H21N3O4/c1-11(2)18-21(10-12-3-6-14(22)7-4-12)16-8-5-13(17(23)19-24)9-15(16)20-25-18/h3-9,11,18,20,22,24H,10H2,1-2H3,(H,19,23). The van der Waals surface area contributed by atoms with Gasteiger partial charge in [0.25, 0.3) is 5.91 Å². The fourth-order valence-electron chi connectivity index (χ4n) is 2.87. The molecular formula is C18H21N3O4. The molecule has 1 amide bonds. The van der Waals surface area contributed by atoms with E-state index in [1.54, 1.807) is 29.7 Å². The van der Waals surface area contributed by atoms with Gasteiger partial charge in [-0.05, 0) is 35.9 Å². The van der Waals surface area contributed by atoms with Crippen LogP contribution >= 0.6 is 0 Å². The zero-order valence-electron chi connectivity index (χ0n) is 14.1. The predicted octanol–water partition coefficient (Wildman–Crippen LogP) is 2.86. The molecule has 4 N–H and O–H groups in total. The zero-order chi connectivity index (χ0) is 18.0. The monoisotopic (exact) mass is 343 g/mol. The summed E-state index contributed by atoms with van der Waals surface area (Å²) in [6, 6.07) is 12.1. The number of amides is 1. The van der Waals surface area contributed by atoms with Gasteiger partial charge in [0.1, 0.15) is 5.75 Å². The van der Waals surface area contributed by atoms with E-state index >= 15 is 0 Å². The number of hydrogen-bond acceptors (Lipinski definition) is 6. The van der Waals surface area contributed by atoms with Crippen molar-refractivity contribution in [1.82, 2.24) is 5.48 Å². The number of rotatable bonds is 4. The lowest BCUT2D eigenvalue weighted by molar-refractivity contribution is 0.0509. The number of aromatic hydroxyl groups is 1. The van der Waals surface area contributed by atoms with E-state index in [0.717, 1.165) is 11.3 Å². The lowest BCUT2D eigenvalue weighted by atomic mass is 10.1. The molecule has 1 heterocycles. The van der Waals surface area contributed by atoms with Crippen molar-refractivity contribution in [1.29, 1.82) is 0 Å². The van der Waals surface area contributed by atoms with Crippen LogP contribution < -0.4 is 15.9 Å². The average molecular weight is 343 g/mol. The Balaban J connectivity index is 1.95. The molecule has 7 heteroatoms. The number of fused-ring (bicyclic) bond motifs is 1. The Hall–Kier alpha value is -2.77. The lowest BCUT2D eigenvalue weighted by Crippen LogP contribution is -2.45. The highest BCUT2D eigenvalue weighted by Crippen LogP contribution is 2.36. The molecule has 25 heavy (non-hydrogen) atoms. The molecule has 0 aliphatic carbocycles. The van der Waals surface area contributed by atoms with Crippen LogP contribution in [-0.2, 0) is 11.4 Å². The summed E-state index contributed by atoms with van der Waals surface area (Å²) < 4.78 is 0. The second-order valence-corrected chi connectivity index (χ2v) is 6.32. The molecular weight excluding hydrogens is 322 g/mol. The smallest absolute Gasteiger partial charge is 0.274 e. The first kappa shape index (κ1) is 17.1. The summed E-state index contributed by atoms with van der Waals surface area (Å²) in [4.78, 5) is 19.5. The lowest BCUT2D eigenvalue weighted by Gasteiger charge is -2.40. The van der Waals surface area contributed by atoms with Crippen LogP contribution in [0.3, 0.4) is 0 Å². The van der Waals surface area contributed by atoms with Gasteiger partial charge in [0.15, 0.2) is 6.23 Å². The number of phenols is 1. The number of nitrogens with one attached hydrogen (secondary N) is 2. The molecule has 2 aromatic rings. The molecule has 0 saturated heterocycles. The van der Waals surface area contributed by atoms with E-state index in [0.29, 0.717) is 17.8 Å². The number of hydrogen-bond donors (Lipinski definition) is 4. The highest BCUT2D eigenvalue weighted by atomic mass is 16.7. The molecule has 1 aliphatic rings. The first-order valence-electron chi connectivity index (χ1n) is 8.04. The van der Waals surface area contributed by atoms with Gasteiger partial charge in [0, 0.05) is 18.0 Å². The highest BCUT2D eigenvalue weighted by Gasteiger charge is 2.30. The third-order valence-electron chi connectivity index (χ3n) is 4.13. The maximum absolute atomic E-state index is 11.6. The molecule has 7 nitrogen and oxygen atoms in total. The summed E-state index contributed by atoms with van der Waals surface area (Å²) in [6.07, 6.45) is -0.196. The van der Waals surface area contributed by atoms with Crippen molar-refractivity contribution in [2.75, 3.05) is 10.4 Å². The van der Waals surface area contributed by atoms with E-state index in [4.69, 9.17) is 10.0 Å². The Bertz CT molecular complexity index is 761. The largest absolute Gasteiger partial charge is 0.508 e. The summed E-state index contributed by atoms with van der Waals surface area (Å²) in [6.45, 7) is 4.72. The minimum Gasteiger partial charge on any atom is -0.508 e. The number of benzene rings is 2. The maximum atomic E-state index is 11.6. The van der Waals surface area contributed by atoms with Crippen molar-refractivity contribution in [3.63, 3.8) is 0 Å². The minimum atomic E-state index is -0.583. The van der Waals surface area contributed by atoms with Crippen LogP contribution in [-0.4, -0.2) is 22.4 Å². The highest BCUT2D eigenvalue weighted by molar-refractivity contribution is 5.95. The summed E-state index contributed by atoms with van der Waals surface area (Å²) in [5.74, 6) is -0.139. The van der Waals surface area contributed by atoms with Crippen molar-refractivity contribution < 1.29 is 19.9 Å².